The summed E-state index contributed by atoms with van der Waals surface area (Å²) in [6, 6.07) is 70.6. The molecule has 0 N–H and O–H groups in total. The van der Waals surface area contributed by atoms with Crippen molar-refractivity contribution in [2.45, 2.75) is 12.3 Å². The van der Waals surface area contributed by atoms with Crippen LogP contribution in [0.1, 0.15) is 23.6 Å². The zero-order valence-corrected chi connectivity index (χ0v) is 30.9. The minimum atomic E-state index is -0.572. The van der Waals surface area contributed by atoms with Gasteiger partial charge in [-0.15, -0.1) is 0 Å². The van der Waals surface area contributed by atoms with Crippen molar-refractivity contribution in [1.82, 2.24) is 0 Å². The fraction of sp³-hybridized carbons (Fsp3) is 0.0370. The predicted molar refractivity (Wildman–Crippen MR) is 234 cm³/mol. The van der Waals surface area contributed by atoms with Gasteiger partial charge in [-0.1, -0.05) is 201 Å². The Labute approximate surface area is 324 Å². The van der Waals surface area contributed by atoms with E-state index in [4.69, 9.17) is 0 Å². The number of hydrogen-bond donors (Lipinski definition) is 0. The van der Waals surface area contributed by atoms with Gasteiger partial charge in [0.25, 0.3) is 0 Å². The lowest BCUT2D eigenvalue weighted by Crippen LogP contribution is -2.29. The maximum atomic E-state index is 4.41. The Kier molecular flexibility index (Phi) is 8.90. The molecule has 8 aromatic rings. The summed E-state index contributed by atoms with van der Waals surface area (Å²) in [4.78, 5) is 2.48. The Hall–Kier alpha value is -6.96. The molecule has 0 saturated carbocycles. The average molecular weight is 704 g/mol. The molecule has 1 heteroatoms. The Morgan fingerprint density at radius 2 is 1.11 bits per heavy atom. The van der Waals surface area contributed by atoms with Gasteiger partial charge in [-0.2, -0.15) is 0 Å². The van der Waals surface area contributed by atoms with Crippen molar-refractivity contribution in [3.63, 3.8) is 0 Å². The van der Waals surface area contributed by atoms with E-state index < -0.39 is 5.41 Å². The zero-order chi connectivity index (χ0) is 37.2. The van der Waals surface area contributed by atoms with Crippen LogP contribution < -0.4 is 4.90 Å². The molecule has 0 fully saturated rings. The number of hydrogen-bond acceptors (Lipinski definition) is 1. The van der Waals surface area contributed by atoms with Crippen molar-refractivity contribution < 1.29 is 0 Å². The van der Waals surface area contributed by atoms with Gasteiger partial charge >= 0.3 is 0 Å². The molecule has 0 radical (unpaired) electrons. The van der Waals surface area contributed by atoms with Gasteiger partial charge in [0.1, 0.15) is 0 Å². The highest BCUT2D eigenvalue weighted by atomic mass is 15.1. The molecule has 1 atom stereocenters. The Bertz CT molecular complexity index is 2710. The van der Waals surface area contributed by atoms with Crippen LogP contribution in [0.4, 0.5) is 17.1 Å². The van der Waals surface area contributed by atoms with E-state index in [9.17, 15) is 0 Å². The van der Waals surface area contributed by atoms with Gasteiger partial charge in [0.05, 0.1) is 16.8 Å². The fourth-order valence-electron chi connectivity index (χ4n) is 8.64. The van der Waals surface area contributed by atoms with Gasteiger partial charge in [-0.05, 0) is 86.7 Å². The normalized spacial score (nSPS) is 14.8. The Balaban J connectivity index is 1.31. The third-order valence-corrected chi connectivity index (χ3v) is 11.1. The SMILES string of the molecule is C=C/C(=C\C=C/C)C1(c2ccccc2)c2ccccc2-c2c(N(c3cccc(-c4ccc(-c5ccccc5)cc4)c3)c3cccc4ccccc34)cccc21. The number of anilines is 3. The first-order valence-corrected chi connectivity index (χ1v) is 19.0. The van der Waals surface area contributed by atoms with E-state index in [2.05, 4.69) is 231 Å². The van der Waals surface area contributed by atoms with Crippen molar-refractivity contribution in [3.05, 3.63) is 247 Å². The van der Waals surface area contributed by atoms with Crippen molar-refractivity contribution in [2.75, 3.05) is 4.90 Å². The minimum absolute atomic E-state index is 0.572. The van der Waals surface area contributed by atoms with E-state index in [1.165, 1.54) is 55.3 Å². The minimum Gasteiger partial charge on any atom is -0.309 e. The van der Waals surface area contributed by atoms with Crippen LogP contribution in [0.2, 0.25) is 0 Å². The van der Waals surface area contributed by atoms with Gasteiger partial charge in [0.2, 0.25) is 0 Å². The lowest BCUT2D eigenvalue weighted by Gasteiger charge is -2.35. The molecule has 0 aromatic heterocycles. The highest BCUT2D eigenvalue weighted by Gasteiger charge is 2.47. The number of rotatable bonds is 9. The summed E-state index contributed by atoms with van der Waals surface area (Å²) in [7, 11) is 0. The standard InChI is InChI=1S/C54H41N/c1-3-5-24-44(4-2)54(45-25-10-7-11-26-45)49-30-15-14-29-48(49)53-50(54)31-18-33-52(53)55(51-32-17-22-42-21-12-13-28-47(42)51)46-27-16-23-43(38-46)41-36-34-40(35-37-41)39-19-8-6-9-20-39/h3-38H,2H2,1H3/b5-3-,44-24+. The summed E-state index contributed by atoms with van der Waals surface area (Å²) < 4.78 is 0. The van der Waals surface area contributed by atoms with Crippen LogP contribution in [0.5, 0.6) is 0 Å². The molecular formula is C54H41N. The van der Waals surface area contributed by atoms with Crippen molar-refractivity contribution >= 4 is 27.8 Å². The predicted octanol–water partition coefficient (Wildman–Crippen LogP) is 14.6. The summed E-state index contributed by atoms with van der Waals surface area (Å²) >= 11 is 0. The summed E-state index contributed by atoms with van der Waals surface area (Å²) in [6.07, 6.45) is 8.49. The topological polar surface area (TPSA) is 3.24 Å². The van der Waals surface area contributed by atoms with Gasteiger partial charge in [0, 0.05) is 16.6 Å². The molecule has 0 heterocycles. The van der Waals surface area contributed by atoms with Crippen molar-refractivity contribution in [3.8, 4) is 33.4 Å². The molecule has 0 bridgehead atoms. The first-order valence-electron chi connectivity index (χ1n) is 19.0. The fourth-order valence-corrected chi connectivity index (χ4v) is 8.64. The molecule has 55 heavy (non-hydrogen) atoms. The van der Waals surface area contributed by atoms with Crippen LogP contribution in [0.15, 0.2) is 231 Å². The molecule has 1 aliphatic carbocycles. The summed E-state index contributed by atoms with van der Waals surface area (Å²) in [5, 5.41) is 2.40. The largest absolute Gasteiger partial charge is 0.309 e. The van der Waals surface area contributed by atoms with Crippen molar-refractivity contribution in [1.29, 1.82) is 0 Å². The van der Waals surface area contributed by atoms with Crippen LogP contribution in [0.25, 0.3) is 44.2 Å². The number of fused-ring (bicyclic) bond motifs is 4. The molecule has 262 valence electrons. The quantitative estimate of drug-likeness (QED) is 0.135. The van der Waals surface area contributed by atoms with E-state index >= 15 is 0 Å². The second-order valence-corrected chi connectivity index (χ2v) is 14.0. The first kappa shape index (κ1) is 33.8. The average Bonchev–Trinajstić information content (AvgIpc) is 3.56. The van der Waals surface area contributed by atoms with Crippen LogP contribution >= 0.6 is 0 Å². The molecule has 0 saturated heterocycles. The van der Waals surface area contributed by atoms with Gasteiger partial charge in [0.15, 0.2) is 0 Å². The van der Waals surface area contributed by atoms with Crippen LogP contribution in [0, 0.1) is 0 Å². The molecule has 1 unspecified atom stereocenters. The number of benzene rings is 8. The molecule has 1 nitrogen and oxygen atoms in total. The lowest BCUT2D eigenvalue weighted by molar-refractivity contribution is 0.767. The second-order valence-electron chi connectivity index (χ2n) is 14.0. The Morgan fingerprint density at radius 3 is 1.89 bits per heavy atom. The monoisotopic (exact) mass is 703 g/mol. The molecule has 1 aliphatic rings. The Morgan fingerprint density at radius 1 is 0.527 bits per heavy atom. The van der Waals surface area contributed by atoms with E-state index in [-0.39, 0.29) is 0 Å². The molecular weight excluding hydrogens is 663 g/mol. The summed E-state index contributed by atoms with van der Waals surface area (Å²) in [5.74, 6) is 0. The third-order valence-electron chi connectivity index (χ3n) is 11.1. The van der Waals surface area contributed by atoms with E-state index in [1.807, 2.05) is 6.08 Å². The molecule has 0 spiro atoms. The maximum absolute atomic E-state index is 4.41. The van der Waals surface area contributed by atoms with Crippen LogP contribution in [-0.2, 0) is 5.41 Å². The van der Waals surface area contributed by atoms with E-state index in [0.717, 1.165) is 28.2 Å². The zero-order valence-electron chi connectivity index (χ0n) is 30.9. The van der Waals surface area contributed by atoms with Crippen LogP contribution in [-0.4, -0.2) is 0 Å². The smallest absolute Gasteiger partial charge is 0.0714 e. The van der Waals surface area contributed by atoms with Crippen molar-refractivity contribution in [2.24, 2.45) is 0 Å². The molecule has 0 aliphatic heterocycles. The first-order chi connectivity index (χ1) is 27.2. The van der Waals surface area contributed by atoms with Gasteiger partial charge in [-0.3, -0.25) is 0 Å². The van der Waals surface area contributed by atoms with Gasteiger partial charge in [-0.25, -0.2) is 0 Å². The molecule has 0 amide bonds. The maximum Gasteiger partial charge on any atom is 0.0714 e. The lowest BCUT2D eigenvalue weighted by atomic mass is 9.67. The summed E-state index contributed by atoms with van der Waals surface area (Å²) in [5.41, 5.74) is 14.8. The highest BCUT2D eigenvalue weighted by molar-refractivity contribution is 6.03. The van der Waals surface area contributed by atoms with Crippen LogP contribution in [0.3, 0.4) is 0 Å². The number of allylic oxidation sites excluding steroid dienone is 5. The van der Waals surface area contributed by atoms with Gasteiger partial charge < -0.3 is 4.90 Å². The number of nitrogens with zero attached hydrogens (tertiary/aromatic N) is 1. The van der Waals surface area contributed by atoms with E-state index in [1.54, 1.807) is 0 Å². The summed E-state index contributed by atoms with van der Waals surface area (Å²) in [6.45, 7) is 6.47. The second kappa shape index (κ2) is 14.5. The highest BCUT2D eigenvalue weighted by Crippen LogP contribution is 2.60. The van der Waals surface area contributed by atoms with E-state index in [0.29, 0.717) is 0 Å². The molecule has 9 rings (SSSR count). The third kappa shape index (κ3) is 5.73. The molecule has 8 aromatic carbocycles.